The molecule has 1 heterocycles. The number of carbonyl (C=O) groups is 2. The standard InChI is InChI=1S/C15H13NO4/c1-9-13(15(19)20-2)7-12(8-16-9)10-4-3-5-11(6-10)14(17)18/h3-8H,1-2H3,(H,17,18). The number of nitrogens with zero attached hydrogens (tertiary/aromatic N) is 1. The smallest absolute Gasteiger partial charge is 0.339 e. The molecule has 102 valence electrons. The summed E-state index contributed by atoms with van der Waals surface area (Å²) in [4.78, 5) is 26.8. The lowest BCUT2D eigenvalue weighted by molar-refractivity contribution is 0.0598. The van der Waals surface area contributed by atoms with Gasteiger partial charge in [-0.15, -0.1) is 0 Å². The number of carboxylic acid groups (broad SMARTS) is 1. The average Bonchev–Trinajstić information content (AvgIpc) is 2.47. The van der Waals surface area contributed by atoms with Crippen LogP contribution in [0.2, 0.25) is 0 Å². The molecule has 0 unspecified atom stereocenters. The predicted molar refractivity (Wildman–Crippen MR) is 72.7 cm³/mol. The van der Waals surface area contributed by atoms with E-state index in [1.165, 1.54) is 19.2 Å². The molecule has 0 atom stereocenters. The van der Waals surface area contributed by atoms with E-state index in [0.717, 1.165) is 0 Å². The number of aromatic nitrogens is 1. The molecule has 2 rings (SSSR count). The highest BCUT2D eigenvalue weighted by Crippen LogP contribution is 2.22. The van der Waals surface area contributed by atoms with Crippen LogP contribution in [0.25, 0.3) is 11.1 Å². The van der Waals surface area contributed by atoms with Crippen molar-refractivity contribution in [2.45, 2.75) is 6.92 Å². The average molecular weight is 271 g/mol. The van der Waals surface area contributed by atoms with E-state index in [9.17, 15) is 9.59 Å². The van der Waals surface area contributed by atoms with Crippen LogP contribution in [-0.2, 0) is 4.74 Å². The Morgan fingerprint density at radius 3 is 2.60 bits per heavy atom. The first-order valence-corrected chi connectivity index (χ1v) is 5.91. The molecule has 0 saturated heterocycles. The van der Waals surface area contributed by atoms with Gasteiger partial charge in [-0.1, -0.05) is 12.1 Å². The number of carboxylic acids is 1. The topological polar surface area (TPSA) is 76.5 Å². The third-order valence-electron chi connectivity index (χ3n) is 2.94. The number of methoxy groups -OCH3 is 1. The molecule has 0 saturated carbocycles. The lowest BCUT2D eigenvalue weighted by Gasteiger charge is -2.07. The number of rotatable bonds is 3. The third kappa shape index (κ3) is 2.66. The molecule has 0 aliphatic carbocycles. The van der Waals surface area contributed by atoms with Gasteiger partial charge in [0.25, 0.3) is 0 Å². The SMILES string of the molecule is COC(=O)c1cc(-c2cccc(C(=O)O)c2)cnc1C. The lowest BCUT2D eigenvalue weighted by atomic mass is 10.0. The maximum Gasteiger partial charge on any atom is 0.339 e. The first-order valence-electron chi connectivity index (χ1n) is 5.91. The van der Waals surface area contributed by atoms with Crippen molar-refractivity contribution in [3.63, 3.8) is 0 Å². The molecule has 20 heavy (non-hydrogen) atoms. The van der Waals surface area contributed by atoms with Gasteiger partial charge in [0.05, 0.1) is 23.9 Å². The van der Waals surface area contributed by atoms with Gasteiger partial charge in [-0.05, 0) is 30.7 Å². The monoisotopic (exact) mass is 271 g/mol. The van der Waals surface area contributed by atoms with E-state index in [4.69, 9.17) is 9.84 Å². The van der Waals surface area contributed by atoms with E-state index in [2.05, 4.69) is 4.98 Å². The Labute approximate surface area is 115 Å². The van der Waals surface area contributed by atoms with E-state index < -0.39 is 11.9 Å². The minimum absolute atomic E-state index is 0.183. The third-order valence-corrected chi connectivity index (χ3v) is 2.94. The van der Waals surface area contributed by atoms with E-state index in [-0.39, 0.29) is 5.56 Å². The number of ether oxygens (including phenoxy) is 1. The van der Waals surface area contributed by atoms with Crippen LogP contribution in [0.3, 0.4) is 0 Å². The molecule has 0 fully saturated rings. The number of hydrogen-bond acceptors (Lipinski definition) is 4. The number of aryl methyl sites for hydroxylation is 1. The van der Waals surface area contributed by atoms with Gasteiger partial charge >= 0.3 is 11.9 Å². The van der Waals surface area contributed by atoms with Crippen LogP contribution in [0.4, 0.5) is 0 Å². The number of aromatic carboxylic acids is 1. The molecule has 5 heteroatoms. The second-order valence-corrected chi connectivity index (χ2v) is 4.23. The molecule has 0 radical (unpaired) electrons. The van der Waals surface area contributed by atoms with Crippen molar-refractivity contribution >= 4 is 11.9 Å². The van der Waals surface area contributed by atoms with Gasteiger partial charge in [-0.3, -0.25) is 4.98 Å². The van der Waals surface area contributed by atoms with Crippen LogP contribution in [-0.4, -0.2) is 29.1 Å². The van der Waals surface area contributed by atoms with Crippen molar-refractivity contribution in [1.29, 1.82) is 0 Å². The summed E-state index contributed by atoms with van der Waals surface area (Å²) in [6.45, 7) is 1.71. The van der Waals surface area contributed by atoms with Crippen LogP contribution in [0, 0.1) is 6.92 Å². The molecule has 1 aromatic carbocycles. The van der Waals surface area contributed by atoms with Gasteiger partial charge in [-0.25, -0.2) is 9.59 Å². The molecular formula is C15H13NO4. The zero-order valence-electron chi connectivity index (χ0n) is 11.1. The highest BCUT2D eigenvalue weighted by Gasteiger charge is 2.12. The Kier molecular flexibility index (Phi) is 3.79. The van der Waals surface area contributed by atoms with Crippen LogP contribution >= 0.6 is 0 Å². The minimum atomic E-state index is -1.000. The van der Waals surface area contributed by atoms with Crippen molar-refractivity contribution in [3.05, 3.63) is 53.3 Å². The van der Waals surface area contributed by atoms with Gasteiger partial charge < -0.3 is 9.84 Å². The van der Waals surface area contributed by atoms with Gasteiger partial charge in [0.15, 0.2) is 0 Å². The number of pyridine rings is 1. The second-order valence-electron chi connectivity index (χ2n) is 4.23. The summed E-state index contributed by atoms with van der Waals surface area (Å²) in [5.41, 5.74) is 2.46. The number of benzene rings is 1. The first kappa shape index (κ1) is 13.7. The van der Waals surface area contributed by atoms with E-state index >= 15 is 0 Å². The molecule has 0 amide bonds. The lowest BCUT2D eigenvalue weighted by Crippen LogP contribution is -2.05. The first-order chi connectivity index (χ1) is 9.52. The quantitative estimate of drug-likeness (QED) is 0.868. The molecule has 0 bridgehead atoms. The minimum Gasteiger partial charge on any atom is -0.478 e. The number of carbonyl (C=O) groups excluding carboxylic acids is 1. The van der Waals surface area contributed by atoms with Gasteiger partial charge in [-0.2, -0.15) is 0 Å². The summed E-state index contributed by atoms with van der Waals surface area (Å²) in [5.74, 6) is -1.47. The Bertz CT molecular complexity index is 679. The molecule has 0 aliphatic rings. The Morgan fingerprint density at radius 2 is 1.95 bits per heavy atom. The molecule has 1 N–H and O–H groups in total. The fraction of sp³-hybridized carbons (Fsp3) is 0.133. The molecule has 5 nitrogen and oxygen atoms in total. The van der Waals surface area contributed by atoms with Crippen LogP contribution in [0.15, 0.2) is 36.5 Å². The van der Waals surface area contributed by atoms with E-state index in [1.54, 1.807) is 31.3 Å². The summed E-state index contributed by atoms with van der Waals surface area (Å²) < 4.78 is 4.70. The maximum atomic E-state index is 11.6. The van der Waals surface area contributed by atoms with Gasteiger partial charge in [0.2, 0.25) is 0 Å². The Hall–Kier alpha value is -2.69. The fourth-order valence-corrected chi connectivity index (χ4v) is 1.84. The van der Waals surface area contributed by atoms with E-state index in [0.29, 0.717) is 22.4 Å². The Morgan fingerprint density at radius 1 is 1.20 bits per heavy atom. The highest BCUT2D eigenvalue weighted by atomic mass is 16.5. The second kappa shape index (κ2) is 5.52. The molecule has 2 aromatic rings. The van der Waals surface area contributed by atoms with Crippen LogP contribution in [0.5, 0.6) is 0 Å². The van der Waals surface area contributed by atoms with Crippen LogP contribution < -0.4 is 0 Å². The fourth-order valence-electron chi connectivity index (χ4n) is 1.84. The zero-order chi connectivity index (χ0) is 14.7. The van der Waals surface area contributed by atoms with Crippen molar-refractivity contribution < 1.29 is 19.4 Å². The normalized spacial score (nSPS) is 10.1. The summed E-state index contributed by atoms with van der Waals surface area (Å²) in [6.07, 6.45) is 1.60. The summed E-state index contributed by atoms with van der Waals surface area (Å²) in [6, 6.07) is 8.11. The summed E-state index contributed by atoms with van der Waals surface area (Å²) >= 11 is 0. The molecule has 1 aromatic heterocycles. The zero-order valence-corrected chi connectivity index (χ0v) is 11.1. The van der Waals surface area contributed by atoms with Crippen molar-refractivity contribution in [1.82, 2.24) is 4.98 Å². The summed E-state index contributed by atoms with van der Waals surface area (Å²) in [7, 11) is 1.31. The van der Waals surface area contributed by atoms with Crippen molar-refractivity contribution in [3.8, 4) is 11.1 Å². The molecule has 0 spiro atoms. The largest absolute Gasteiger partial charge is 0.478 e. The maximum absolute atomic E-state index is 11.6. The van der Waals surface area contributed by atoms with E-state index in [1.807, 2.05) is 0 Å². The number of hydrogen-bond donors (Lipinski definition) is 1. The molecule has 0 aliphatic heterocycles. The Balaban J connectivity index is 2.50. The highest BCUT2D eigenvalue weighted by molar-refractivity contribution is 5.93. The van der Waals surface area contributed by atoms with Crippen molar-refractivity contribution in [2.75, 3.05) is 7.11 Å². The van der Waals surface area contributed by atoms with Gasteiger partial charge in [0, 0.05) is 11.8 Å². The number of esters is 1. The predicted octanol–water partition coefficient (Wildman–Crippen LogP) is 2.54. The van der Waals surface area contributed by atoms with Crippen LogP contribution in [0.1, 0.15) is 26.4 Å². The molecular weight excluding hydrogens is 258 g/mol. The summed E-state index contributed by atoms with van der Waals surface area (Å²) in [5, 5.41) is 8.99. The van der Waals surface area contributed by atoms with Crippen molar-refractivity contribution in [2.24, 2.45) is 0 Å². The van der Waals surface area contributed by atoms with Gasteiger partial charge in [0.1, 0.15) is 0 Å².